The number of amidine groups is 2. The highest BCUT2D eigenvalue weighted by Gasteiger charge is 2.33. The van der Waals surface area contributed by atoms with Crippen LogP contribution >= 0.6 is 12.4 Å². The van der Waals surface area contributed by atoms with E-state index in [9.17, 15) is 0 Å². The fraction of sp³-hybridized carbons (Fsp3) is 0.875. The maximum atomic E-state index is 8.38. The first-order chi connectivity index (χ1) is 10.2. The van der Waals surface area contributed by atoms with E-state index in [-0.39, 0.29) is 12.4 Å². The van der Waals surface area contributed by atoms with Gasteiger partial charge in [0.25, 0.3) is 0 Å². The largest absolute Gasteiger partial charge is 0.358 e. The van der Waals surface area contributed by atoms with Crippen molar-refractivity contribution in [3.8, 4) is 0 Å². The Morgan fingerprint density at radius 1 is 0.696 bits per heavy atom. The van der Waals surface area contributed by atoms with Crippen molar-refractivity contribution in [2.45, 2.75) is 64.5 Å². The Morgan fingerprint density at radius 3 is 1.22 bits per heavy atom. The van der Waals surface area contributed by atoms with Crippen LogP contribution in [0.4, 0.5) is 0 Å². The monoisotopic (exact) mass is 342 g/mol. The highest BCUT2D eigenvalue weighted by Crippen LogP contribution is 2.23. The summed E-state index contributed by atoms with van der Waals surface area (Å²) in [7, 11) is 0. The van der Waals surface area contributed by atoms with Crippen LogP contribution in [0.5, 0.6) is 0 Å². The Bertz CT molecular complexity index is 417. The maximum absolute atomic E-state index is 8.38. The third-order valence-corrected chi connectivity index (χ3v) is 4.55. The highest BCUT2D eigenvalue weighted by atomic mass is 35.5. The Hall–Kier alpha value is -1.17. The van der Waals surface area contributed by atoms with Crippen molar-refractivity contribution < 1.29 is 0 Å². The molecule has 132 valence electrons. The molecule has 2 rings (SSSR count). The number of rotatable bonds is 4. The van der Waals surface area contributed by atoms with Crippen molar-refractivity contribution in [2.75, 3.05) is 26.2 Å². The number of hydrogen-bond acceptors (Lipinski definition) is 4. The minimum absolute atomic E-state index is 0. The van der Waals surface area contributed by atoms with E-state index in [1.54, 1.807) is 0 Å². The van der Waals surface area contributed by atoms with Gasteiger partial charge in [-0.2, -0.15) is 10.2 Å². The van der Waals surface area contributed by atoms with E-state index < -0.39 is 11.1 Å². The molecule has 23 heavy (non-hydrogen) atoms. The first kappa shape index (κ1) is 19.9. The molecule has 0 bridgehead atoms. The zero-order valence-electron chi connectivity index (χ0n) is 14.9. The lowest BCUT2D eigenvalue weighted by Gasteiger charge is -2.31. The predicted octanol–water partition coefficient (Wildman–Crippen LogP) is 3.56. The van der Waals surface area contributed by atoms with Crippen molar-refractivity contribution in [2.24, 2.45) is 10.2 Å². The van der Waals surface area contributed by atoms with Crippen LogP contribution in [-0.4, -0.2) is 58.7 Å². The summed E-state index contributed by atoms with van der Waals surface area (Å²) in [6.07, 6.45) is 4.61. The molecule has 0 aromatic carbocycles. The van der Waals surface area contributed by atoms with E-state index >= 15 is 0 Å². The van der Waals surface area contributed by atoms with Gasteiger partial charge in [0, 0.05) is 26.2 Å². The molecule has 2 heterocycles. The zero-order valence-corrected chi connectivity index (χ0v) is 15.7. The number of nitrogens with zero attached hydrogens (tertiary/aromatic N) is 4. The van der Waals surface area contributed by atoms with Crippen LogP contribution in [0.25, 0.3) is 0 Å². The molecule has 2 saturated heterocycles. The van der Waals surface area contributed by atoms with Gasteiger partial charge in [0.15, 0.2) is 0 Å². The molecule has 0 aliphatic carbocycles. The number of nitrogens with one attached hydrogen (secondary N) is 2. The van der Waals surface area contributed by atoms with Gasteiger partial charge in [0.05, 0.1) is 0 Å². The molecule has 0 radical (unpaired) electrons. The first-order valence-corrected chi connectivity index (χ1v) is 8.36. The molecule has 0 saturated carbocycles. The van der Waals surface area contributed by atoms with Gasteiger partial charge in [-0.25, -0.2) is 0 Å². The normalized spacial score (nSPS) is 19.3. The second-order valence-corrected chi connectivity index (χ2v) is 7.40. The van der Waals surface area contributed by atoms with Gasteiger partial charge in [-0.15, -0.1) is 12.4 Å². The third-order valence-electron chi connectivity index (χ3n) is 4.55. The molecule has 2 fully saturated rings. The van der Waals surface area contributed by atoms with E-state index in [2.05, 4.69) is 20.0 Å². The van der Waals surface area contributed by atoms with Crippen molar-refractivity contribution in [3.63, 3.8) is 0 Å². The first-order valence-electron chi connectivity index (χ1n) is 8.36. The van der Waals surface area contributed by atoms with Crippen LogP contribution < -0.4 is 0 Å². The van der Waals surface area contributed by atoms with Crippen molar-refractivity contribution in [1.29, 1.82) is 10.8 Å². The second kappa shape index (κ2) is 7.60. The fourth-order valence-electron chi connectivity index (χ4n) is 3.00. The molecule has 7 heteroatoms. The van der Waals surface area contributed by atoms with E-state index in [0.29, 0.717) is 11.7 Å². The third kappa shape index (κ3) is 4.66. The maximum Gasteiger partial charge on any atom is 0.132 e. The van der Waals surface area contributed by atoms with Gasteiger partial charge < -0.3 is 9.80 Å². The molecule has 0 spiro atoms. The summed E-state index contributed by atoms with van der Waals surface area (Å²) < 4.78 is 0. The van der Waals surface area contributed by atoms with E-state index in [4.69, 9.17) is 10.8 Å². The number of hydrogen-bond donors (Lipinski definition) is 2. The van der Waals surface area contributed by atoms with Gasteiger partial charge in [-0.3, -0.25) is 10.8 Å². The molecule has 2 aliphatic rings. The minimum Gasteiger partial charge on any atom is -0.358 e. The quantitative estimate of drug-likeness (QED) is 0.465. The lowest BCUT2D eigenvalue weighted by Crippen LogP contribution is -2.44. The summed E-state index contributed by atoms with van der Waals surface area (Å²) in [6.45, 7) is 11.5. The van der Waals surface area contributed by atoms with E-state index in [1.165, 1.54) is 0 Å². The zero-order chi connectivity index (χ0) is 16.4. The summed E-state index contributed by atoms with van der Waals surface area (Å²) in [5.74, 6) is 1.08. The van der Waals surface area contributed by atoms with E-state index in [0.717, 1.165) is 51.9 Å². The topological polar surface area (TPSA) is 78.9 Å². The predicted molar refractivity (Wildman–Crippen MR) is 97.3 cm³/mol. The molecule has 0 aromatic heterocycles. The molecule has 0 amide bonds. The summed E-state index contributed by atoms with van der Waals surface area (Å²) >= 11 is 0. The molecule has 0 atom stereocenters. The van der Waals surface area contributed by atoms with Gasteiger partial charge in [0.1, 0.15) is 22.7 Å². The van der Waals surface area contributed by atoms with Crippen molar-refractivity contribution >= 4 is 24.1 Å². The molecule has 6 nitrogen and oxygen atoms in total. The molecular weight excluding hydrogens is 312 g/mol. The Balaban J connectivity index is 0.00000264. The van der Waals surface area contributed by atoms with Gasteiger partial charge >= 0.3 is 0 Å². The smallest absolute Gasteiger partial charge is 0.132 e. The Morgan fingerprint density at radius 2 is 0.957 bits per heavy atom. The van der Waals surface area contributed by atoms with E-state index in [1.807, 2.05) is 27.7 Å². The standard InChI is InChI=1S/C16H30N6.ClH/c1-15(2,13(17)21-9-5-6-10-21)19-20-16(3,4)14(18)22-11-7-8-12-22;/h17-18H,5-12H2,1-4H3;1H. The van der Waals surface area contributed by atoms with Crippen LogP contribution in [-0.2, 0) is 0 Å². The average Bonchev–Trinajstić information content (AvgIpc) is 3.16. The lowest BCUT2D eigenvalue weighted by molar-refractivity contribution is 0.429. The molecular formula is C16H31ClN6. The van der Waals surface area contributed by atoms with Crippen LogP contribution in [0.1, 0.15) is 53.4 Å². The average molecular weight is 343 g/mol. The molecule has 0 unspecified atom stereocenters. The summed E-state index contributed by atoms with van der Waals surface area (Å²) in [6, 6.07) is 0. The summed E-state index contributed by atoms with van der Waals surface area (Å²) in [5.41, 5.74) is -1.26. The second-order valence-electron chi connectivity index (χ2n) is 7.40. The van der Waals surface area contributed by atoms with Crippen LogP contribution in [0, 0.1) is 10.8 Å². The van der Waals surface area contributed by atoms with Crippen LogP contribution in [0.3, 0.4) is 0 Å². The minimum atomic E-state index is -0.632. The van der Waals surface area contributed by atoms with Gasteiger partial charge in [-0.1, -0.05) is 0 Å². The van der Waals surface area contributed by atoms with Gasteiger partial charge in [-0.05, 0) is 53.4 Å². The molecule has 0 aromatic rings. The summed E-state index contributed by atoms with van der Waals surface area (Å²) in [4.78, 5) is 4.19. The number of likely N-dealkylation sites (tertiary alicyclic amines) is 2. The van der Waals surface area contributed by atoms with Gasteiger partial charge in [0.2, 0.25) is 0 Å². The number of halogens is 1. The molecule has 2 aliphatic heterocycles. The SMILES string of the molecule is CC(C)(N=NC(C)(C)C(=N)N1CCCC1)C(=N)N1CCCC1.Cl. The molecule has 2 N–H and O–H groups in total. The van der Waals surface area contributed by atoms with Crippen molar-refractivity contribution in [3.05, 3.63) is 0 Å². The lowest BCUT2D eigenvalue weighted by atomic mass is 10.0. The Kier molecular flexibility index (Phi) is 6.57. The van der Waals surface area contributed by atoms with Crippen LogP contribution in [0.15, 0.2) is 10.2 Å². The van der Waals surface area contributed by atoms with Crippen molar-refractivity contribution in [1.82, 2.24) is 9.80 Å². The number of azo groups is 1. The summed E-state index contributed by atoms with van der Waals surface area (Å²) in [5, 5.41) is 25.7. The fourth-order valence-corrected chi connectivity index (χ4v) is 3.00. The highest BCUT2D eigenvalue weighted by molar-refractivity contribution is 5.89. The Labute approximate surface area is 146 Å². The van der Waals surface area contributed by atoms with Crippen LogP contribution in [0.2, 0.25) is 0 Å².